The van der Waals surface area contributed by atoms with E-state index >= 15 is 0 Å². The van der Waals surface area contributed by atoms with Gasteiger partial charge in [-0.05, 0) is 43.9 Å². The lowest BCUT2D eigenvalue weighted by atomic mass is 10.1. The molecule has 0 atom stereocenters. The zero-order chi connectivity index (χ0) is 11.8. The maximum atomic E-state index is 6.03. The topological polar surface area (TPSA) is 42.1 Å². The monoisotopic (exact) mass is 247 g/mol. The van der Waals surface area contributed by atoms with E-state index in [1.807, 2.05) is 6.07 Å². The quantitative estimate of drug-likeness (QED) is 0.787. The van der Waals surface area contributed by atoms with Crippen LogP contribution in [-0.4, -0.2) is 18.1 Å². The molecule has 1 aliphatic rings. The van der Waals surface area contributed by atoms with E-state index in [0.717, 1.165) is 29.4 Å². The summed E-state index contributed by atoms with van der Waals surface area (Å²) in [5.41, 5.74) is 9.02. The van der Waals surface area contributed by atoms with E-state index in [1.54, 1.807) is 11.3 Å². The van der Waals surface area contributed by atoms with Crippen molar-refractivity contribution in [1.82, 2.24) is 4.98 Å². The zero-order valence-electron chi connectivity index (χ0n) is 10.1. The first kappa shape index (κ1) is 10.8. The summed E-state index contributed by atoms with van der Waals surface area (Å²) in [6, 6.07) is 4.18. The molecule has 2 N–H and O–H groups in total. The van der Waals surface area contributed by atoms with Gasteiger partial charge in [0.25, 0.3) is 0 Å². The van der Waals surface area contributed by atoms with Gasteiger partial charge in [-0.1, -0.05) is 11.3 Å². The summed E-state index contributed by atoms with van der Waals surface area (Å²) in [5.74, 6) is 0. The van der Waals surface area contributed by atoms with Crippen LogP contribution < -0.4 is 10.6 Å². The fraction of sp³-hybridized carbons (Fsp3) is 0.462. The molecule has 4 heteroatoms. The fourth-order valence-electron chi connectivity index (χ4n) is 2.41. The molecular weight excluding hydrogens is 230 g/mol. The molecule has 1 fully saturated rings. The third-order valence-electron chi connectivity index (χ3n) is 3.28. The Bertz CT molecular complexity index is 541. The van der Waals surface area contributed by atoms with Crippen LogP contribution in [0, 0.1) is 6.92 Å². The first-order valence-electron chi connectivity index (χ1n) is 6.15. The Morgan fingerprint density at radius 3 is 2.76 bits per heavy atom. The minimum atomic E-state index is 0.805. The zero-order valence-corrected chi connectivity index (χ0v) is 10.9. The fourth-order valence-corrected chi connectivity index (χ4v) is 3.56. The number of benzene rings is 1. The summed E-state index contributed by atoms with van der Waals surface area (Å²) in [5, 5.41) is 1.14. The maximum absolute atomic E-state index is 6.03. The predicted octanol–water partition coefficient (Wildman–Crippen LogP) is 3.18. The van der Waals surface area contributed by atoms with Crippen molar-refractivity contribution in [1.29, 1.82) is 0 Å². The Labute approximate surface area is 105 Å². The van der Waals surface area contributed by atoms with E-state index < -0.39 is 0 Å². The van der Waals surface area contributed by atoms with Crippen LogP contribution in [0.4, 0.5) is 10.8 Å². The minimum Gasteiger partial charge on any atom is -0.397 e. The van der Waals surface area contributed by atoms with Gasteiger partial charge in [0.15, 0.2) is 5.13 Å². The molecule has 1 aromatic carbocycles. The third-order valence-corrected chi connectivity index (χ3v) is 4.35. The maximum Gasteiger partial charge on any atom is 0.186 e. The normalized spacial score (nSPS) is 16.6. The van der Waals surface area contributed by atoms with Gasteiger partial charge in [-0.15, -0.1) is 0 Å². The largest absolute Gasteiger partial charge is 0.397 e. The van der Waals surface area contributed by atoms with Gasteiger partial charge in [-0.2, -0.15) is 0 Å². The first-order valence-corrected chi connectivity index (χ1v) is 6.97. The number of rotatable bonds is 1. The van der Waals surface area contributed by atoms with Crippen LogP contribution in [0.15, 0.2) is 12.1 Å². The van der Waals surface area contributed by atoms with Crippen molar-refractivity contribution >= 4 is 32.4 Å². The Balaban J connectivity index is 2.03. The number of anilines is 2. The number of aryl methyl sites for hydroxylation is 1. The van der Waals surface area contributed by atoms with Gasteiger partial charge >= 0.3 is 0 Å². The number of aromatic nitrogens is 1. The van der Waals surface area contributed by atoms with Crippen molar-refractivity contribution in [3.63, 3.8) is 0 Å². The average molecular weight is 247 g/mol. The molecule has 0 spiro atoms. The van der Waals surface area contributed by atoms with E-state index in [0.29, 0.717) is 0 Å². The Morgan fingerprint density at radius 1 is 1.24 bits per heavy atom. The third kappa shape index (κ3) is 1.97. The Hall–Kier alpha value is -1.29. The van der Waals surface area contributed by atoms with Crippen LogP contribution in [0.2, 0.25) is 0 Å². The highest BCUT2D eigenvalue weighted by molar-refractivity contribution is 7.22. The highest BCUT2D eigenvalue weighted by Gasteiger charge is 2.16. The Morgan fingerprint density at radius 2 is 2.00 bits per heavy atom. The molecule has 2 heterocycles. The molecule has 0 radical (unpaired) electrons. The van der Waals surface area contributed by atoms with Crippen LogP contribution in [0.5, 0.6) is 0 Å². The van der Waals surface area contributed by atoms with Gasteiger partial charge in [0.2, 0.25) is 0 Å². The molecule has 0 bridgehead atoms. The van der Waals surface area contributed by atoms with Crippen LogP contribution >= 0.6 is 11.3 Å². The number of nitrogens with two attached hydrogens (primary N) is 1. The number of nitrogen functional groups attached to an aromatic ring is 1. The first-order chi connectivity index (χ1) is 8.24. The summed E-state index contributed by atoms with van der Waals surface area (Å²) in [6.45, 7) is 4.35. The number of fused-ring (bicyclic) bond motifs is 1. The predicted molar refractivity (Wildman–Crippen MR) is 74.8 cm³/mol. The molecule has 0 amide bonds. The van der Waals surface area contributed by atoms with Gasteiger partial charge < -0.3 is 10.6 Å². The summed E-state index contributed by atoms with van der Waals surface area (Å²) >= 11 is 1.77. The molecule has 0 aliphatic carbocycles. The molecule has 3 nitrogen and oxygen atoms in total. The second kappa shape index (κ2) is 4.18. The SMILES string of the molecule is Cc1cc(N)c2nc(N3CCCCC3)sc2c1. The number of hydrogen-bond donors (Lipinski definition) is 1. The summed E-state index contributed by atoms with van der Waals surface area (Å²) in [7, 11) is 0. The van der Waals surface area contributed by atoms with E-state index in [9.17, 15) is 0 Å². The van der Waals surface area contributed by atoms with Gasteiger partial charge in [-0.25, -0.2) is 4.98 Å². The van der Waals surface area contributed by atoms with Crippen molar-refractivity contribution < 1.29 is 0 Å². The molecule has 1 saturated heterocycles. The number of piperidine rings is 1. The molecular formula is C13H17N3S. The minimum absolute atomic E-state index is 0.805. The smallest absolute Gasteiger partial charge is 0.186 e. The summed E-state index contributed by atoms with van der Waals surface area (Å²) in [6.07, 6.45) is 3.91. The standard InChI is InChI=1S/C13H17N3S/c1-9-7-10(14)12-11(8-9)17-13(15-12)16-5-3-2-4-6-16/h7-8H,2-6,14H2,1H3. The molecule has 0 saturated carbocycles. The highest BCUT2D eigenvalue weighted by Crippen LogP contribution is 2.33. The lowest BCUT2D eigenvalue weighted by Gasteiger charge is -2.25. The van der Waals surface area contributed by atoms with Crippen LogP contribution in [0.1, 0.15) is 24.8 Å². The molecule has 1 aliphatic heterocycles. The van der Waals surface area contributed by atoms with Crippen LogP contribution in [-0.2, 0) is 0 Å². The van der Waals surface area contributed by atoms with Crippen molar-refractivity contribution in [2.75, 3.05) is 23.7 Å². The summed E-state index contributed by atoms with van der Waals surface area (Å²) in [4.78, 5) is 7.09. The van der Waals surface area contributed by atoms with Crippen molar-refractivity contribution in [2.24, 2.45) is 0 Å². The highest BCUT2D eigenvalue weighted by atomic mass is 32.1. The van der Waals surface area contributed by atoms with Crippen LogP contribution in [0.25, 0.3) is 10.2 Å². The number of hydrogen-bond acceptors (Lipinski definition) is 4. The average Bonchev–Trinajstić information content (AvgIpc) is 2.74. The van der Waals surface area contributed by atoms with Gasteiger partial charge in [0.1, 0.15) is 5.52 Å². The molecule has 0 unspecified atom stereocenters. The second-order valence-electron chi connectivity index (χ2n) is 4.75. The van der Waals surface area contributed by atoms with Gasteiger partial charge in [0, 0.05) is 13.1 Å². The molecule has 1 aromatic heterocycles. The lowest BCUT2D eigenvalue weighted by Crippen LogP contribution is -2.29. The van der Waals surface area contributed by atoms with Gasteiger partial charge in [-0.3, -0.25) is 0 Å². The lowest BCUT2D eigenvalue weighted by molar-refractivity contribution is 0.577. The van der Waals surface area contributed by atoms with Crippen molar-refractivity contribution in [2.45, 2.75) is 26.2 Å². The van der Waals surface area contributed by atoms with Gasteiger partial charge in [0.05, 0.1) is 10.4 Å². The number of nitrogens with zero attached hydrogens (tertiary/aromatic N) is 2. The van der Waals surface area contributed by atoms with E-state index in [-0.39, 0.29) is 0 Å². The Kier molecular flexibility index (Phi) is 2.67. The molecule has 90 valence electrons. The van der Waals surface area contributed by atoms with E-state index in [1.165, 1.54) is 29.5 Å². The molecule has 2 aromatic rings. The van der Waals surface area contributed by atoms with Crippen molar-refractivity contribution in [3.8, 4) is 0 Å². The van der Waals surface area contributed by atoms with Crippen molar-refractivity contribution in [3.05, 3.63) is 17.7 Å². The summed E-state index contributed by atoms with van der Waals surface area (Å²) < 4.78 is 1.21. The molecule has 3 rings (SSSR count). The van der Waals surface area contributed by atoms with E-state index in [2.05, 4.69) is 17.9 Å². The second-order valence-corrected chi connectivity index (χ2v) is 5.75. The number of thiazole rings is 1. The van der Waals surface area contributed by atoms with Crippen LogP contribution in [0.3, 0.4) is 0 Å². The van der Waals surface area contributed by atoms with E-state index in [4.69, 9.17) is 10.7 Å². The molecule has 17 heavy (non-hydrogen) atoms.